The lowest BCUT2D eigenvalue weighted by atomic mass is 10.1. The van der Waals surface area contributed by atoms with E-state index in [-0.39, 0.29) is 11.8 Å². The molecular weight excluding hydrogens is 308 g/mol. The van der Waals surface area contributed by atoms with Crippen LogP contribution < -0.4 is 5.32 Å². The summed E-state index contributed by atoms with van der Waals surface area (Å²) >= 11 is 0. The minimum absolute atomic E-state index is 0.0442. The minimum Gasteiger partial charge on any atom is -0.355 e. The molecule has 1 atom stereocenters. The maximum Gasteiger partial charge on any atom is 0.257 e. The van der Waals surface area contributed by atoms with Crippen molar-refractivity contribution in [2.75, 3.05) is 6.54 Å². The monoisotopic (exact) mass is 326 g/mol. The number of aromatic nitrogens is 5. The third-order valence-corrected chi connectivity index (χ3v) is 3.51. The van der Waals surface area contributed by atoms with Crippen molar-refractivity contribution >= 4 is 5.91 Å². The van der Waals surface area contributed by atoms with Gasteiger partial charge in [-0.2, -0.15) is 10.1 Å². The molecule has 1 aromatic carbocycles. The number of nitrogens with one attached hydrogen (secondary N) is 1. The summed E-state index contributed by atoms with van der Waals surface area (Å²) in [4.78, 5) is 20.2. The second-order valence-corrected chi connectivity index (χ2v) is 5.44. The van der Waals surface area contributed by atoms with Crippen LogP contribution in [0.1, 0.15) is 12.7 Å². The molecule has 0 bridgehead atoms. The second kappa shape index (κ2) is 7.49. The van der Waals surface area contributed by atoms with Crippen LogP contribution in [-0.2, 0) is 17.8 Å². The zero-order valence-corrected chi connectivity index (χ0v) is 13.3. The Morgan fingerprint density at radius 3 is 2.92 bits per heavy atom. The maximum absolute atomic E-state index is 12.0. The molecule has 0 aliphatic heterocycles. The lowest BCUT2D eigenvalue weighted by molar-refractivity contribution is -0.124. The SMILES string of the molecule is CC(Cn1cncn1)C(=O)NCCc1noc(-c2ccccc2)n1. The lowest BCUT2D eigenvalue weighted by Crippen LogP contribution is -2.33. The fourth-order valence-corrected chi connectivity index (χ4v) is 2.22. The summed E-state index contributed by atoms with van der Waals surface area (Å²) in [5.41, 5.74) is 0.877. The minimum atomic E-state index is -0.197. The number of rotatable bonds is 7. The van der Waals surface area contributed by atoms with E-state index in [0.29, 0.717) is 31.2 Å². The zero-order valence-electron chi connectivity index (χ0n) is 13.3. The van der Waals surface area contributed by atoms with E-state index in [4.69, 9.17) is 4.52 Å². The number of hydrogen-bond donors (Lipinski definition) is 1. The van der Waals surface area contributed by atoms with Gasteiger partial charge in [0.15, 0.2) is 5.82 Å². The first-order valence-corrected chi connectivity index (χ1v) is 7.70. The summed E-state index contributed by atoms with van der Waals surface area (Å²) < 4.78 is 6.87. The van der Waals surface area contributed by atoms with Crippen LogP contribution in [-0.4, -0.2) is 37.4 Å². The van der Waals surface area contributed by atoms with E-state index in [1.165, 1.54) is 6.33 Å². The molecule has 0 fully saturated rings. The molecule has 8 heteroatoms. The molecule has 0 aliphatic rings. The fraction of sp³-hybridized carbons (Fsp3) is 0.312. The molecule has 0 saturated carbocycles. The van der Waals surface area contributed by atoms with Crippen LogP contribution in [0.4, 0.5) is 0 Å². The first-order valence-electron chi connectivity index (χ1n) is 7.70. The zero-order chi connectivity index (χ0) is 16.8. The average Bonchev–Trinajstić information content (AvgIpc) is 3.27. The van der Waals surface area contributed by atoms with E-state index < -0.39 is 0 Å². The van der Waals surface area contributed by atoms with Crippen molar-refractivity contribution in [2.45, 2.75) is 19.9 Å². The average molecular weight is 326 g/mol. The molecule has 1 amide bonds. The number of amides is 1. The second-order valence-electron chi connectivity index (χ2n) is 5.44. The Morgan fingerprint density at radius 1 is 1.33 bits per heavy atom. The molecule has 1 unspecified atom stereocenters. The molecule has 2 heterocycles. The number of nitrogens with zero attached hydrogens (tertiary/aromatic N) is 5. The molecule has 124 valence electrons. The standard InChI is InChI=1S/C16H18N6O2/c1-12(9-22-11-17-10-19-22)15(23)18-8-7-14-20-16(24-21-14)13-5-3-2-4-6-13/h2-6,10-12H,7-9H2,1H3,(H,18,23). The molecule has 0 radical (unpaired) electrons. The van der Waals surface area contributed by atoms with E-state index in [2.05, 4.69) is 25.5 Å². The van der Waals surface area contributed by atoms with E-state index in [9.17, 15) is 4.79 Å². The molecule has 0 saturated heterocycles. The normalized spacial score (nSPS) is 12.0. The van der Waals surface area contributed by atoms with Gasteiger partial charge in [-0.15, -0.1) is 0 Å². The highest BCUT2D eigenvalue weighted by atomic mass is 16.5. The van der Waals surface area contributed by atoms with Crippen LogP contribution in [0.15, 0.2) is 47.5 Å². The third kappa shape index (κ3) is 4.03. The third-order valence-electron chi connectivity index (χ3n) is 3.51. The van der Waals surface area contributed by atoms with Gasteiger partial charge in [0.25, 0.3) is 5.89 Å². The summed E-state index contributed by atoms with van der Waals surface area (Å²) in [6.45, 7) is 2.79. The molecule has 1 N–H and O–H groups in total. The van der Waals surface area contributed by atoms with Gasteiger partial charge in [-0.25, -0.2) is 4.98 Å². The first-order chi connectivity index (χ1) is 11.7. The predicted octanol–water partition coefficient (Wildman–Crippen LogP) is 1.32. The van der Waals surface area contributed by atoms with Crippen molar-refractivity contribution < 1.29 is 9.32 Å². The Labute approximate surface area is 138 Å². The Morgan fingerprint density at radius 2 is 2.17 bits per heavy atom. The summed E-state index contributed by atoms with van der Waals surface area (Å²) in [5, 5.41) is 10.8. The molecule has 2 aromatic heterocycles. The van der Waals surface area contributed by atoms with Crippen molar-refractivity contribution in [3.05, 3.63) is 48.8 Å². The quantitative estimate of drug-likeness (QED) is 0.703. The summed E-state index contributed by atoms with van der Waals surface area (Å²) in [6.07, 6.45) is 3.55. The lowest BCUT2D eigenvalue weighted by Gasteiger charge is -2.11. The summed E-state index contributed by atoms with van der Waals surface area (Å²) in [7, 11) is 0. The van der Waals surface area contributed by atoms with Crippen molar-refractivity contribution in [1.29, 1.82) is 0 Å². The number of hydrogen-bond acceptors (Lipinski definition) is 6. The van der Waals surface area contributed by atoms with Gasteiger partial charge >= 0.3 is 0 Å². The van der Waals surface area contributed by atoms with Crippen molar-refractivity contribution in [1.82, 2.24) is 30.2 Å². The molecule has 0 spiro atoms. The fourth-order valence-electron chi connectivity index (χ4n) is 2.22. The number of benzene rings is 1. The maximum atomic E-state index is 12.0. The topological polar surface area (TPSA) is 98.7 Å². The van der Waals surface area contributed by atoms with Crippen LogP contribution in [0.5, 0.6) is 0 Å². The van der Waals surface area contributed by atoms with Crippen molar-refractivity contribution in [2.24, 2.45) is 5.92 Å². The summed E-state index contributed by atoms with van der Waals surface area (Å²) in [6, 6.07) is 9.57. The molecule has 8 nitrogen and oxygen atoms in total. The Bertz CT molecular complexity index is 769. The number of carbonyl (C=O) groups is 1. The van der Waals surface area contributed by atoms with Crippen LogP contribution in [0, 0.1) is 5.92 Å². The van der Waals surface area contributed by atoms with Crippen LogP contribution in [0.2, 0.25) is 0 Å². The molecule has 24 heavy (non-hydrogen) atoms. The van der Waals surface area contributed by atoms with E-state index in [1.54, 1.807) is 11.0 Å². The van der Waals surface area contributed by atoms with Crippen molar-refractivity contribution in [3.8, 4) is 11.5 Å². The Kier molecular flexibility index (Phi) is 4.95. The van der Waals surface area contributed by atoms with Gasteiger partial charge in [-0.05, 0) is 12.1 Å². The van der Waals surface area contributed by atoms with Crippen molar-refractivity contribution in [3.63, 3.8) is 0 Å². The molecule has 0 aliphatic carbocycles. The van der Waals surface area contributed by atoms with Gasteiger partial charge in [-0.1, -0.05) is 30.3 Å². The highest BCUT2D eigenvalue weighted by Gasteiger charge is 2.14. The van der Waals surface area contributed by atoms with Crippen LogP contribution in [0.25, 0.3) is 11.5 Å². The van der Waals surface area contributed by atoms with E-state index in [1.807, 2.05) is 37.3 Å². The van der Waals surface area contributed by atoms with Gasteiger partial charge in [0, 0.05) is 18.5 Å². The Hall–Kier alpha value is -3.03. The summed E-state index contributed by atoms with van der Waals surface area (Å²) in [5.74, 6) is 0.809. The molecule has 3 rings (SSSR count). The largest absolute Gasteiger partial charge is 0.355 e. The van der Waals surface area contributed by atoms with E-state index >= 15 is 0 Å². The molecular formula is C16H18N6O2. The van der Waals surface area contributed by atoms with Gasteiger partial charge in [-0.3, -0.25) is 9.48 Å². The smallest absolute Gasteiger partial charge is 0.257 e. The number of carbonyl (C=O) groups excluding carboxylic acids is 1. The van der Waals surface area contributed by atoms with Gasteiger partial charge in [0.1, 0.15) is 12.7 Å². The molecule has 3 aromatic rings. The van der Waals surface area contributed by atoms with Gasteiger partial charge in [0.05, 0.1) is 12.5 Å². The predicted molar refractivity (Wildman–Crippen MR) is 85.6 cm³/mol. The highest BCUT2D eigenvalue weighted by Crippen LogP contribution is 2.15. The van der Waals surface area contributed by atoms with Gasteiger partial charge < -0.3 is 9.84 Å². The van der Waals surface area contributed by atoms with E-state index in [0.717, 1.165) is 5.56 Å². The first kappa shape index (κ1) is 15.9. The van der Waals surface area contributed by atoms with Crippen LogP contribution >= 0.6 is 0 Å². The van der Waals surface area contributed by atoms with Crippen LogP contribution in [0.3, 0.4) is 0 Å². The Balaban J connectivity index is 1.46. The van der Waals surface area contributed by atoms with Gasteiger partial charge in [0.2, 0.25) is 5.91 Å². The highest BCUT2D eigenvalue weighted by molar-refractivity contribution is 5.78.